The quantitative estimate of drug-likeness (QED) is 0.647. The highest BCUT2D eigenvalue weighted by atomic mass is 127. The van der Waals surface area contributed by atoms with Crippen LogP contribution < -0.4 is 5.32 Å². The van der Waals surface area contributed by atoms with Gasteiger partial charge in [0.15, 0.2) is 0 Å². The number of amides is 2. The van der Waals surface area contributed by atoms with Crippen LogP contribution in [0.1, 0.15) is 50.2 Å². The standard InChI is InChI=1S/C19H25IN2O3/c1-2-3-5-13-10-12(11-14(20)17(13)23)7-8-15-19(25)22-9-4-6-16(22)18(24)21-15/h10-11,15-16,23H,2-9H2,1H3,(H,21,24)/t15-,16-/m0/s1. The Hall–Kier alpha value is -1.31. The van der Waals surface area contributed by atoms with Crippen molar-refractivity contribution in [3.8, 4) is 5.75 Å². The number of aryl methyl sites for hydroxylation is 2. The Bertz CT molecular complexity index is 677. The number of hydrogen-bond donors (Lipinski definition) is 2. The lowest BCUT2D eigenvalue weighted by Crippen LogP contribution is -2.61. The fourth-order valence-electron chi connectivity index (χ4n) is 3.76. The van der Waals surface area contributed by atoms with Gasteiger partial charge in [0.25, 0.3) is 0 Å². The number of nitrogens with zero attached hydrogens (tertiary/aromatic N) is 1. The predicted octanol–water partition coefficient (Wildman–Crippen LogP) is 2.76. The van der Waals surface area contributed by atoms with Crippen LogP contribution in [0.4, 0.5) is 0 Å². The summed E-state index contributed by atoms with van der Waals surface area (Å²) in [7, 11) is 0. The van der Waals surface area contributed by atoms with Crippen LogP contribution in [0, 0.1) is 3.57 Å². The van der Waals surface area contributed by atoms with E-state index in [9.17, 15) is 14.7 Å². The van der Waals surface area contributed by atoms with Gasteiger partial charge in [0.05, 0.1) is 3.57 Å². The zero-order valence-electron chi connectivity index (χ0n) is 14.6. The summed E-state index contributed by atoms with van der Waals surface area (Å²) in [6.07, 6.45) is 5.99. The molecule has 1 aromatic carbocycles. The molecule has 3 rings (SSSR count). The smallest absolute Gasteiger partial charge is 0.245 e. The van der Waals surface area contributed by atoms with Crippen molar-refractivity contribution in [2.45, 2.75) is 64.0 Å². The van der Waals surface area contributed by atoms with Crippen LogP contribution in [0.15, 0.2) is 12.1 Å². The van der Waals surface area contributed by atoms with E-state index in [0.717, 1.165) is 46.8 Å². The average molecular weight is 456 g/mol. The van der Waals surface area contributed by atoms with E-state index >= 15 is 0 Å². The van der Waals surface area contributed by atoms with E-state index < -0.39 is 6.04 Å². The Morgan fingerprint density at radius 2 is 2.12 bits per heavy atom. The number of rotatable bonds is 6. The number of carbonyl (C=O) groups excluding carboxylic acids is 2. The van der Waals surface area contributed by atoms with E-state index in [-0.39, 0.29) is 17.9 Å². The van der Waals surface area contributed by atoms with Gasteiger partial charge < -0.3 is 15.3 Å². The first-order valence-electron chi connectivity index (χ1n) is 9.12. The molecule has 0 spiro atoms. The van der Waals surface area contributed by atoms with Crippen LogP contribution in [0.2, 0.25) is 0 Å². The second-order valence-electron chi connectivity index (χ2n) is 6.98. The maximum absolute atomic E-state index is 12.6. The molecule has 2 amide bonds. The number of phenols is 1. The van der Waals surface area contributed by atoms with Crippen molar-refractivity contribution < 1.29 is 14.7 Å². The fourth-order valence-corrected chi connectivity index (χ4v) is 4.51. The average Bonchev–Trinajstić information content (AvgIpc) is 3.09. The van der Waals surface area contributed by atoms with Crippen molar-refractivity contribution in [1.29, 1.82) is 0 Å². The molecule has 2 aliphatic rings. The van der Waals surface area contributed by atoms with E-state index in [1.807, 2.05) is 12.1 Å². The molecule has 2 atom stereocenters. The molecule has 0 radical (unpaired) electrons. The van der Waals surface area contributed by atoms with Gasteiger partial charge in [0.1, 0.15) is 17.8 Å². The Morgan fingerprint density at radius 3 is 2.88 bits per heavy atom. The molecule has 136 valence electrons. The second kappa shape index (κ2) is 7.93. The Morgan fingerprint density at radius 1 is 1.32 bits per heavy atom. The summed E-state index contributed by atoms with van der Waals surface area (Å²) in [6.45, 7) is 2.83. The van der Waals surface area contributed by atoms with Crippen LogP contribution in [-0.2, 0) is 22.4 Å². The molecule has 0 saturated carbocycles. The van der Waals surface area contributed by atoms with Crippen molar-refractivity contribution in [3.05, 3.63) is 26.8 Å². The normalized spacial score (nSPS) is 22.9. The third kappa shape index (κ3) is 3.93. The highest BCUT2D eigenvalue weighted by Gasteiger charge is 2.42. The summed E-state index contributed by atoms with van der Waals surface area (Å²) >= 11 is 2.15. The molecule has 2 fully saturated rings. The molecular weight excluding hydrogens is 431 g/mol. The van der Waals surface area contributed by atoms with Gasteiger partial charge in [-0.05, 0) is 78.3 Å². The monoisotopic (exact) mass is 456 g/mol. The lowest BCUT2D eigenvalue weighted by Gasteiger charge is -2.34. The second-order valence-corrected chi connectivity index (χ2v) is 8.14. The number of aromatic hydroxyl groups is 1. The molecule has 2 aliphatic heterocycles. The van der Waals surface area contributed by atoms with Gasteiger partial charge >= 0.3 is 0 Å². The SMILES string of the molecule is CCCCc1cc(CC[C@@H]2NC(=O)[C@@H]3CCCN3C2=O)cc(I)c1O. The van der Waals surface area contributed by atoms with E-state index in [2.05, 4.69) is 34.8 Å². The summed E-state index contributed by atoms with van der Waals surface area (Å²) in [4.78, 5) is 26.5. The number of piperazine rings is 1. The van der Waals surface area contributed by atoms with Crippen molar-refractivity contribution in [1.82, 2.24) is 10.2 Å². The number of nitrogens with one attached hydrogen (secondary N) is 1. The number of benzene rings is 1. The zero-order valence-corrected chi connectivity index (χ0v) is 16.7. The first-order chi connectivity index (χ1) is 12.0. The van der Waals surface area contributed by atoms with E-state index in [1.54, 1.807) is 4.90 Å². The third-order valence-corrected chi connectivity index (χ3v) is 6.00. The molecular formula is C19H25IN2O3. The van der Waals surface area contributed by atoms with Crippen LogP contribution in [0.5, 0.6) is 5.75 Å². The summed E-state index contributed by atoms with van der Waals surface area (Å²) in [5.41, 5.74) is 2.08. The number of fused-ring (bicyclic) bond motifs is 1. The maximum atomic E-state index is 12.6. The molecule has 0 aliphatic carbocycles. The predicted molar refractivity (Wildman–Crippen MR) is 104 cm³/mol. The first-order valence-corrected chi connectivity index (χ1v) is 10.2. The maximum Gasteiger partial charge on any atom is 0.245 e. The van der Waals surface area contributed by atoms with Gasteiger partial charge in [-0.3, -0.25) is 9.59 Å². The lowest BCUT2D eigenvalue weighted by molar-refractivity contribution is -0.147. The van der Waals surface area contributed by atoms with Crippen LogP contribution in [-0.4, -0.2) is 40.4 Å². The first kappa shape index (κ1) is 18.5. The van der Waals surface area contributed by atoms with Crippen molar-refractivity contribution in [2.75, 3.05) is 6.54 Å². The molecule has 0 aromatic heterocycles. The third-order valence-electron chi connectivity index (χ3n) is 5.18. The molecule has 25 heavy (non-hydrogen) atoms. The fraction of sp³-hybridized carbons (Fsp3) is 0.579. The van der Waals surface area contributed by atoms with Gasteiger partial charge in [0, 0.05) is 6.54 Å². The summed E-state index contributed by atoms with van der Waals surface area (Å²) in [5.74, 6) is 0.424. The van der Waals surface area contributed by atoms with E-state index in [0.29, 0.717) is 25.1 Å². The number of unbranched alkanes of at least 4 members (excludes halogenated alkanes) is 1. The molecule has 2 N–H and O–H groups in total. The van der Waals surface area contributed by atoms with Crippen LogP contribution in [0.25, 0.3) is 0 Å². The molecule has 2 heterocycles. The van der Waals surface area contributed by atoms with Gasteiger partial charge in [-0.25, -0.2) is 0 Å². The minimum absolute atomic E-state index is 0.00831. The van der Waals surface area contributed by atoms with Crippen LogP contribution >= 0.6 is 22.6 Å². The summed E-state index contributed by atoms with van der Waals surface area (Å²) < 4.78 is 0.847. The molecule has 6 heteroatoms. The van der Waals surface area contributed by atoms with Gasteiger partial charge in [-0.1, -0.05) is 19.4 Å². The molecule has 0 bridgehead atoms. The Balaban J connectivity index is 1.68. The largest absolute Gasteiger partial charge is 0.507 e. The summed E-state index contributed by atoms with van der Waals surface area (Å²) in [6, 6.07) is 3.34. The number of halogens is 1. The lowest BCUT2D eigenvalue weighted by atomic mass is 9.98. The minimum Gasteiger partial charge on any atom is -0.507 e. The topological polar surface area (TPSA) is 69.6 Å². The molecule has 0 unspecified atom stereocenters. The molecule has 5 nitrogen and oxygen atoms in total. The number of carbonyl (C=O) groups is 2. The van der Waals surface area contributed by atoms with E-state index in [1.165, 1.54) is 0 Å². The van der Waals surface area contributed by atoms with E-state index in [4.69, 9.17) is 0 Å². The van der Waals surface area contributed by atoms with Crippen molar-refractivity contribution >= 4 is 34.4 Å². The van der Waals surface area contributed by atoms with Crippen LogP contribution in [0.3, 0.4) is 0 Å². The molecule has 2 saturated heterocycles. The van der Waals surface area contributed by atoms with Crippen molar-refractivity contribution in [3.63, 3.8) is 0 Å². The Kier molecular flexibility index (Phi) is 5.86. The van der Waals surface area contributed by atoms with Gasteiger partial charge in [-0.2, -0.15) is 0 Å². The molecule has 1 aromatic rings. The van der Waals surface area contributed by atoms with Gasteiger partial charge in [0.2, 0.25) is 11.8 Å². The zero-order chi connectivity index (χ0) is 18.0. The number of phenolic OH excluding ortho intramolecular Hbond substituents is 1. The van der Waals surface area contributed by atoms with Crippen molar-refractivity contribution in [2.24, 2.45) is 0 Å². The highest BCUT2D eigenvalue weighted by Crippen LogP contribution is 2.29. The minimum atomic E-state index is -0.424. The summed E-state index contributed by atoms with van der Waals surface area (Å²) in [5, 5.41) is 13.1. The Labute approximate surface area is 162 Å². The number of hydrogen-bond acceptors (Lipinski definition) is 3. The highest BCUT2D eigenvalue weighted by molar-refractivity contribution is 14.1. The van der Waals surface area contributed by atoms with Gasteiger partial charge in [-0.15, -0.1) is 0 Å².